The maximum Gasteiger partial charge on any atom is 0.189 e. The molecule has 12 aromatic rings. The van der Waals surface area contributed by atoms with Crippen molar-refractivity contribution in [1.82, 2.24) is 9.13 Å². The molecule has 272 valence electrons. The number of hydrogen-bond donors (Lipinski definition) is 0. The summed E-state index contributed by atoms with van der Waals surface area (Å²) in [5.41, 5.74) is 11.5. The first-order valence-electron chi connectivity index (χ1n) is 19.2. The van der Waals surface area contributed by atoms with Crippen LogP contribution in [0, 0.1) is 31.4 Å². The van der Waals surface area contributed by atoms with Crippen LogP contribution in [-0.4, -0.2) is 9.13 Å². The Labute approximate surface area is 345 Å². The fourth-order valence-electron chi connectivity index (χ4n) is 9.06. The van der Waals surface area contributed by atoms with Crippen LogP contribution in [0.5, 0.6) is 0 Å². The van der Waals surface area contributed by atoms with Crippen LogP contribution in [0.4, 0.5) is 11.4 Å². The minimum absolute atomic E-state index is 0.581. The molecule has 0 unspecified atom stereocenters. The van der Waals surface area contributed by atoms with Crippen molar-refractivity contribution in [1.29, 1.82) is 5.26 Å². The van der Waals surface area contributed by atoms with E-state index in [9.17, 15) is 5.26 Å². The maximum atomic E-state index is 9.80. The zero-order chi connectivity index (χ0) is 39.5. The first-order chi connectivity index (χ1) is 29.0. The lowest BCUT2D eigenvalue weighted by Gasteiger charge is -2.09. The van der Waals surface area contributed by atoms with Gasteiger partial charge in [0, 0.05) is 84.3 Å². The predicted molar refractivity (Wildman–Crippen MR) is 248 cm³/mol. The summed E-state index contributed by atoms with van der Waals surface area (Å²) in [7, 11) is 0. The Morgan fingerprint density at radius 3 is 1.36 bits per heavy atom. The van der Waals surface area contributed by atoms with E-state index >= 15 is 0 Å². The molecule has 0 aliphatic rings. The van der Waals surface area contributed by atoms with Crippen LogP contribution in [0.15, 0.2) is 146 Å². The van der Waals surface area contributed by atoms with Gasteiger partial charge in [0.05, 0.1) is 35.8 Å². The van der Waals surface area contributed by atoms with E-state index in [-0.39, 0.29) is 0 Å². The highest BCUT2D eigenvalue weighted by molar-refractivity contribution is 7.26. The third-order valence-corrected chi connectivity index (χ3v) is 14.1. The van der Waals surface area contributed by atoms with Gasteiger partial charge in [0.25, 0.3) is 0 Å². The summed E-state index contributed by atoms with van der Waals surface area (Å²) in [6.07, 6.45) is 0. The van der Waals surface area contributed by atoms with E-state index < -0.39 is 0 Å². The monoisotopic (exact) mass is 785 g/mol. The summed E-state index contributed by atoms with van der Waals surface area (Å²) >= 11 is 3.61. The normalized spacial score (nSPS) is 11.8. The first-order valence-corrected chi connectivity index (χ1v) is 20.8. The lowest BCUT2D eigenvalue weighted by atomic mass is 10.0. The van der Waals surface area contributed by atoms with E-state index in [1.807, 2.05) is 59.9 Å². The smallest absolute Gasteiger partial charge is 0.189 e. The van der Waals surface area contributed by atoms with Gasteiger partial charge in [0.2, 0.25) is 0 Å². The second-order valence-electron chi connectivity index (χ2n) is 15.1. The van der Waals surface area contributed by atoms with Crippen molar-refractivity contribution < 1.29 is 0 Å². The molecule has 0 aliphatic carbocycles. The second kappa shape index (κ2) is 12.4. The molecule has 4 aromatic heterocycles. The highest BCUT2D eigenvalue weighted by atomic mass is 32.1. The fraction of sp³-hybridized carbons (Fsp3) is 0.0192. The molecule has 0 radical (unpaired) electrons. The van der Waals surface area contributed by atoms with E-state index in [1.165, 1.54) is 51.3 Å². The van der Waals surface area contributed by atoms with E-state index in [1.54, 1.807) is 11.3 Å². The van der Waals surface area contributed by atoms with Gasteiger partial charge in [-0.3, -0.25) is 0 Å². The van der Waals surface area contributed by atoms with Crippen LogP contribution in [-0.2, 0) is 0 Å². The van der Waals surface area contributed by atoms with Crippen LogP contribution in [0.3, 0.4) is 0 Å². The lowest BCUT2D eigenvalue weighted by molar-refractivity contribution is 1.18. The number of thiophene rings is 2. The summed E-state index contributed by atoms with van der Waals surface area (Å²) in [4.78, 5) is 7.50. The Hall–Kier alpha value is -7.73. The average Bonchev–Trinajstić information content (AvgIpc) is 4.01. The number of benzene rings is 8. The van der Waals surface area contributed by atoms with Crippen LogP contribution in [0.25, 0.3) is 116 Å². The highest BCUT2D eigenvalue weighted by Gasteiger charge is 2.18. The molecule has 0 N–H and O–H groups in total. The zero-order valence-electron chi connectivity index (χ0n) is 31.4. The summed E-state index contributed by atoms with van der Waals surface area (Å²) in [5, 5.41) is 19.0. The van der Waals surface area contributed by atoms with E-state index in [4.69, 9.17) is 13.1 Å². The molecule has 59 heavy (non-hydrogen) atoms. The first kappa shape index (κ1) is 33.4. The summed E-state index contributed by atoms with van der Waals surface area (Å²) < 4.78 is 9.42. The Morgan fingerprint density at radius 2 is 0.864 bits per heavy atom. The van der Waals surface area contributed by atoms with Gasteiger partial charge in [-0.1, -0.05) is 54.6 Å². The second-order valence-corrected chi connectivity index (χ2v) is 17.3. The SMILES string of the molecule is [C-]#[N+]c1ccc2c3ccc(C)cc3n(-c3ccc4sc5ccc(-c6ccc7sc8ccc(-n9c%10cc(C#N)ccc%10c%10ccc([N+]#[C-])cc%109)cc8c7c6)cc5c4c3)c2c1. The molecule has 0 saturated heterocycles. The Morgan fingerprint density at radius 1 is 0.441 bits per heavy atom. The highest BCUT2D eigenvalue weighted by Crippen LogP contribution is 2.43. The molecule has 8 aromatic carbocycles. The van der Waals surface area contributed by atoms with Crippen LogP contribution >= 0.6 is 22.7 Å². The van der Waals surface area contributed by atoms with Crippen LogP contribution in [0.2, 0.25) is 0 Å². The topological polar surface area (TPSA) is 42.4 Å². The number of hydrogen-bond acceptors (Lipinski definition) is 3. The van der Waals surface area contributed by atoms with Crippen molar-refractivity contribution in [2.24, 2.45) is 0 Å². The Bertz CT molecular complexity index is 3890. The van der Waals surface area contributed by atoms with Crippen molar-refractivity contribution in [3.05, 3.63) is 180 Å². The van der Waals surface area contributed by atoms with Gasteiger partial charge >= 0.3 is 0 Å². The van der Waals surface area contributed by atoms with Gasteiger partial charge in [0.1, 0.15) is 0 Å². The van der Waals surface area contributed by atoms with Gasteiger partial charge in [-0.15, -0.1) is 22.7 Å². The Kier molecular flexibility index (Phi) is 7.01. The Balaban J connectivity index is 1.02. The molecular formula is C52H27N5S2. The molecule has 0 bridgehead atoms. The van der Waals surface area contributed by atoms with Gasteiger partial charge < -0.3 is 9.13 Å². The van der Waals surface area contributed by atoms with Crippen LogP contribution < -0.4 is 0 Å². The van der Waals surface area contributed by atoms with Crippen molar-refractivity contribution in [3.8, 4) is 28.6 Å². The molecule has 0 amide bonds. The minimum atomic E-state index is 0.581. The molecule has 0 spiro atoms. The largest absolute Gasteiger partial charge is 0.310 e. The number of nitriles is 1. The quantitative estimate of drug-likeness (QED) is 0.165. The fourth-order valence-corrected chi connectivity index (χ4v) is 11.2. The van der Waals surface area contributed by atoms with Crippen LogP contribution in [0.1, 0.15) is 11.1 Å². The minimum Gasteiger partial charge on any atom is -0.310 e. The molecular weight excluding hydrogens is 759 g/mol. The molecule has 0 saturated carbocycles. The molecule has 5 nitrogen and oxygen atoms in total. The average molecular weight is 786 g/mol. The molecule has 12 rings (SSSR count). The molecule has 7 heteroatoms. The van der Waals surface area contributed by atoms with Gasteiger partial charge in [-0.2, -0.15) is 5.26 Å². The van der Waals surface area contributed by atoms with Crippen molar-refractivity contribution in [3.63, 3.8) is 0 Å². The molecule has 0 fully saturated rings. The molecule has 0 atom stereocenters. The summed E-state index contributed by atoms with van der Waals surface area (Å²) in [6.45, 7) is 17.6. The van der Waals surface area contributed by atoms with Crippen molar-refractivity contribution in [2.45, 2.75) is 6.92 Å². The number of rotatable bonds is 3. The summed E-state index contributed by atoms with van der Waals surface area (Å²) in [5.74, 6) is 0. The maximum absolute atomic E-state index is 9.80. The third kappa shape index (κ3) is 4.92. The predicted octanol–water partition coefficient (Wildman–Crippen LogP) is 15.6. The number of nitrogens with zero attached hydrogens (tertiary/aromatic N) is 5. The van der Waals surface area contributed by atoms with Crippen molar-refractivity contribution >= 4 is 118 Å². The van der Waals surface area contributed by atoms with E-state index in [2.05, 4.69) is 129 Å². The van der Waals surface area contributed by atoms with Gasteiger partial charge in [0.15, 0.2) is 11.4 Å². The van der Waals surface area contributed by atoms with Crippen molar-refractivity contribution in [2.75, 3.05) is 0 Å². The molecule has 0 aliphatic heterocycles. The zero-order valence-corrected chi connectivity index (χ0v) is 33.0. The molecule has 4 heterocycles. The summed E-state index contributed by atoms with van der Waals surface area (Å²) in [6, 6.07) is 53.6. The van der Waals surface area contributed by atoms with E-state index in [0.29, 0.717) is 16.9 Å². The van der Waals surface area contributed by atoms with Gasteiger partial charge in [-0.05, 0) is 115 Å². The van der Waals surface area contributed by atoms with Gasteiger partial charge in [-0.25, -0.2) is 9.69 Å². The third-order valence-electron chi connectivity index (χ3n) is 11.8. The lowest BCUT2D eigenvalue weighted by Crippen LogP contribution is -1.93. The number of aromatic nitrogens is 2. The number of fused-ring (bicyclic) bond motifs is 12. The standard InChI is InChI=1S/C52H27N5S2/c1-29-4-12-37-39-14-8-33(54-2)24-47(39)56(45(37)20-29)35-10-18-51-43(26-35)41-22-31(6-16-49(41)58-51)32-7-17-50-42(23-32)44-27-36(11-19-52(44)59-50)57-46-21-30(28-53)5-13-38(46)40-15-9-34(55-3)25-48(40)57/h4-27H,1H3. The van der Waals surface area contributed by atoms with E-state index in [0.717, 1.165) is 60.7 Å². The number of aryl methyl sites for hydroxylation is 1.